The molecule has 0 bridgehead atoms. The van der Waals surface area contributed by atoms with Gasteiger partial charge < -0.3 is 4.90 Å². The maximum Gasteiger partial charge on any atom is 0.0473 e. The van der Waals surface area contributed by atoms with E-state index in [0.717, 1.165) is 38.2 Å². The molecule has 0 radical (unpaired) electrons. The molecule has 0 N–H and O–H groups in total. The van der Waals surface area contributed by atoms with Crippen LogP contribution in [0.5, 0.6) is 0 Å². The van der Waals surface area contributed by atoms with Gasteiger partial charge in [-0.25, -0.2) is 0 Å². The molecule has 0 spiro atoms. The Morgan fingerprint density at radius 2 is 1.32 bits per heavy atom. The van der Waals surface area contributed by atoms with E-state index in [1.54, 1.807) is 0 Å². The summed E-state index contributed by atoms with van der Waals surface area (Å²) in [4.78, 5) is 2.26. The molecule has 0 unspecified atom stereocenters. The minimum atomic E-state index is 0.862. The molecule has 0 fully saturated rings. The monoisotopic (exact) mass is 475 g/mol. The molecule has 0 atom stereocenters. The Kier molecular flexibility index (Phi) is 6.26. The quantitative estimate of drug-likeness (QED) is 0.374. The second-order valence-corrected chi connectivity index (χ2v) is 8.07. The molecule has 0 saturated carbocycles. The summed E-state index contributed by atoms with van der Waals surface area (Å²) in [6, 6.07) is 23.6. The van der Waals surface area contributed by atoms with Crippen LogP contribution in [0.15, 0.2) is 75.7 Å². The molecule has 0 heterocycles. The highest BCUT2D eigenvalue weighted by Crippen LogP contribution is 2.37. The molecule has 0 saturated heterocycles. The van der Waals surface area contributed by atoms with Crippen LogP contribution < -0.4 is 4.90 Å². The summed E-state index contributed by atoms with van der Waals surface area (Å²) in [6.45, 7) is 2.11. The van der Waals surface area contributed by atoms with E-state index in [0.29, 0.717) is 0 Å². The first-order valence-electron chi connectivity index (χ1n) is 8.10. The summed E-state index contributed by atoms with van der Waals surface area (Å²) >= 11 is 11.5. The Morgan fingerprint density at radius 1 is 0.760 bits per heavy atom. The molecule has 128 valence electrons. The Labute approximate surface area is 171 Å². The summed E-state index contributed by atoms with van der Waals surface area (Å²) in [5.74, 6) is 0.862. The van der Waals surface area contributed by atoms with E-state index in [4.69, 9.17) is 0 Å². The number of nitrogens with zero attached hydrogens (tertiary/aromatic N) is 1. The first-order chi connectivity index (χ1) is 12.1. The lowest BCUT2D eigenvalue weighted by molar-refractivity contribution is 1.16. The first kappa shape index (κ1) is 18.6. The first-order valence-corrected chi connectivity index (χ1v) is 10.3. The molecule has 3 rings (SSSR count). The van der Waals surface area contributed by atoms with Gasteiger partial charge in [0.2, 0.25) is 0 Å². The molecule has 4 heteroatoms. The molecule has 3 aromatic carbocycles. The van der Waals surface area contributed by atoms with Crippen molar-refractivity contribution in [1.29, 1.82) is 0 Å². The number of benzene rings is 3. The van der Waals surface area contributed by atoms with E-state index in [1.807, 2.05) is 0 Å². The van der Waals surface area contributed by atoms with Crippen LogP contribution >= 0.6 is 44.5 Å². The lowest BCUT2D eigenvalue weighted by Crippen LogP contribution is -2.10. The van der Waals surface area contributed by atoms with E-state index < -0.39 is 0 Å². The maximum absolute atomic E-state index is 4.32. The van der Waals surface area contributed by atoms with Crippen molar-refractivity contribution in [3.05, 3.63) is 86.8 Å². The smallest absolute Gasteiger partial charge is 0.0473 e. The zero-order chi connectivity index (χ0) is 17.8. The van der Waals surface area contributed by atoms with Crippen molar-refractivity contribution in [3.8, 4) is 0 Å². The van der Waals surface area contributed by atoms with E-state index in [1.165, 1.54) is 11.1 Å². The molecule has 0 aromatic heterocycles. The van der Waals surface area contributed by atoms with Crippen LogP contribution in [0.4, 0.5) is 17.1 Å². The molecule has 0 aliphatic carbocycles. The van der Waals surface area contributed by atoms with Crippen molar-refractivity contribution in [2.24, 2.45) is 0 Å². The van der Waals surface area contributed by atoms with Gasteiger partial charge >= 0.3 is 0 Å². The highest BCUT2D eigenvalue weighted by molar-refractivity contribution is 9.13. The second-order valence-electron chi connectivity index (χ2n) is 5.91. The van der Waals surface area contributed by atoms with Gasteiger partial charge in [-0.1, -0.05) is 29.8 Å². The molecule has 3 aromatic rings. The second kappa shape index (κ2) is 8.43. The summed E-state index contributed by atoms with van der Waals surface area (Å²) in [7, 11) is 0. The molecule has 1 nitrogen and oxygen atoms in total. The van der Waals surface area contributed by atoms with Gasteiger partial charge in [0.05, 0.1) is 0 Å². The van der Waals surface area contributed by atoms with Crippen LogP contribution in [0.1, 0.15) is 11.1 Å². The molecule has 0 amide bonds. The molecular weight excluding hydrogens is 458 g/mol. The van der Waals surface area contributed by atoms with Crippen LogP contribution in [0.25, 0.3) is 0 Å². The highest BCUT2D eigenvalue weighted by Gasteiger charge is 2.13. The van der Waals surface area contributed by atoms with E-state index in [-0.39, 0.29) is 0 Å². The molecule has 25 heavy (non-hydrogen) atoms. The van der Waals surface area contributed by atoms with Crippen LogP contribution in [0.2, 0.25) is 0 Å². The van der Waals surface area contributed by atoms with Gasteiger partial charge in [-0.05, 0) is 99.0 Å². The van der Waals surface area contributed by atoms with E-state index in [9.17, 15) is 0 Å². The fourth-order valence-electron chi connectivity index (χ4n) is 2.71. The van der Waals surface area contributed by atoms with Crippen molar-refractivity contribution in [2.45, 2.75) is 13.3 Å². The number of hydrogen-bond donors (Lipinski definition) is 1. The fourth-order valence-corrected chi connectivity index (χ4v) is 3.58. The number of rotatable bonds is 5. The summed E-state index contributed by atoms with van der Waals surface area (Å²) in [6.07, 6.45) is 0.984. The van der Waals surface area contributed by atoms with Gasteiger partial charge in [-0.2, -0.15) is 12.6 Å². The van der Waals surface area contributed by atoms with Crippen LogP contribution in [-0.4, -0.2) is 5.75 Å². The summed E-state index contributed by atoms with van der Waals surface area (Å²) in [5.41, 5.74) is 5.95. The molecule has 0 aliphatic heterocycles. The Morgan fingerprint density at radius 3 is 1.88 bits per heavy atom. The minimum absolute atomic E-state index is 0.862. The van der Waals surface area contributed by atoms with Gasteiger partial charge in [0.25, 0.3) is 0 Å². The van der Waals surface area contributed by atoms with E-state index in [2.05, 4.69) is 123 Å². The number of thiol groups is 1. The van der Waals surface area contributed by atoms with Gasteiger partial charge in [-0.15, -0.1) is 0 Å². The van der Waals surface area contributed by atoms with Gasteiger partial charge in [-0.3, -0.25) is 0 Å². The number of anilines is 3. The zero-order valence-corrected chi connectivity index (χ0v) is 18.0. The Hall–Kier alpha value is -1.23. The largest absolute Gasteiger partial charge is 0.310 e. The maximum atomic E-state index is 4.32. The van der Waals surface area contributed by atoms with Crippen molar-refractivity contribution < 1.29 is 0 Å². The number of aryl methyl sites for hydroxylation is 2. The van der Waals surface area contributed by atoms with Crippen LogP contribution in [0, 0.1) is 6.92 Å². The van der Waals surface area contributed by atoms with Gasteiger partial charge in [0.1, 0.15) is 0 Å². The predicted molar refractivity (Wildman–Crippen MR) is 119 cm³/mol. The normalized spacial score (nSPS) is 10.7. The van der Waals surface area contributed by atoms with Crippen molar-refractivity contribution in [2.75, 3.05) is 10.7 Å². The third-order valence-electron chi connectivity index (χ3n) is 4.05. The summed E-state index contributed by atoms with van der Waals surface area (Å²) in [5, 5.41) is 0. The van der Waals surface area contributed by atoms with Crippen LogP contribution in [-0.2, 0) is 6.42 Å². The number of halogens is 2. The summed E-state index contributed by atoms with van der Waals surface area (Å²) < 4.78 is 2.08. The van der Waals surface area contributed by atoms with Crippen LogP contribution in [0.3, 0.4) is 0 Å². The third-order valence-corrected chi connectivity index (χ3v) is 6.15. The van der Waals surface area contributed by atoms with Gasteiger partial charge in [0, 0.05) is 26.0 Å². The minimum Gasteiger partial charge on any atom is -0.310 e. The predicted octanol–water partition coefficient (Wildman–Crippen LogP) is 7.46. The lowest BCUT2D eigenvalue weighted by atomic mass is 10.1. The third kappa shape index (κ3) is 4.49. The average Bonchev–Trinajstić information content (AvgIpc) is 2.62. The average molecular weight is 477 g/mol. The SMILES string of the molecule is Cc1ccc(N(c2ccc(CCS)cc2)c2ccc(Br)c(Br)c2)cc1. The van der Waals surface area contributed by atoms with Gasteiger partial charge in [0.15, 0.2) is 0 Å². The highest BCUT2D eigenvalue weighted by atomic mass is 79.9. The van der Waals surface area contributed by atoms with Crippen molar-refractivity contribution in [3.63, 3.8) is 0 Å². The topological polar surface area (TPSA) is 3.24 Å². The Bertz CT molecular complexity index is 845. The zero-order valence-electron chi connectivity index (χ0n) is 13.9. The number of hydrogen-bond acceptors (Lipinski definition) is 2. The van der Waals surface area contributed by atoms with Crippen molar-refractivity contribution >= 4 is 61.6 Å². The molecular formula is C21H19Br2NS. The van der Waals surface area contributed by atoms with E-state index >= 15 is 0 Å². The standard InChI is InChI=1S/C21H19Br2NS/c1-15-2-6-17(7-3-15)24(19-10-11-20(22)21(23)14-19)18-8-4-16(5-9-18)12-13-25/h2-11,14,25H,12-13H2,1H3. The fraction of sp³-hybridized carbons (Fsp3) is 0.143. The Balaban J connectivity index is 2.07. The molecule has 0 aliphatic rings. The van der Waals surface area contributed by atoms with Crippen molar-refractivity contribution in [1.82, 2.24) is 0 Å². The lowest BCUT2D eigenvalue weighted by Gasteiger charge is -2.26.